The molecule has 0 spiro atoms. The molecule has 1 heterocycles. The van der Waals surface area contributed by atoms with Gasteiger partial charge in [-0.2, -0.15) is 4.99 Å². The van der Waals surface area contributed by atoms with Gasteiger partial charge in [0.15, 0.2) is 5.17 Å². The topological polar surface area (TPSA) is 49.7 Å². The fraction of sp³-hybridized carbons (Fsp3) is 0.500. The first kappa shape index (κ1) is 19.0. The first-order valence-electron chi connectivity index (χ1n) is 8.34. The third-order valence-corrected chi connectivity index (χ3v) is 4.93. The number of hydrogen-bond donors (Lipinski definition) is 0. The summed E-state index contributed by atoms with van der Waals surface area (Å²) in [5.41, 5.74) is 0.657. The minimum Gasteiger partial charge on any atom is -0.273 e. The number of amidine groups is 1. The molecule has 6 heteroatoms. The summed E-state index contributed by atoms with van der Waals surface area (Å²) in [5.74, 6) is -1.20. The largest absolute Gasteiger partial charge is 0.273 e. The van der Waals surface area contributed by atoms with E-state index in [-0.39, 0.29) is 11.8 Å². The highest BCUT2D eigenvalue weighted by molar-refractivity contribution is 8.13. The van der Waals surface area contributed by atoms with E-state index < -0.39 is 5.92 Å². The van der Waals surface area contributed by atoms with Gasteiger partial charge in [0.1, 0.15) is 5.92 Å². The van der Waals surface area contributed by atoms with Gasteiger partial charge in [0, 0.05) is 5.02 Å². The molecular weight excluding hydrogens is 344 g/mol. The van der Waals surface area contributed by atoms with Crippen molar-refractivity contribution in [3.8, 4) is 0 Å². The molecule has 0 radical (unpaired) electrons. The quantitative estimate of drug-likeness (QED) is 0.509. The van der Waals surface area contributed by atoms with E-state index in [1.54, 1.807) is 18.2 Å². The zero-order chi connectivity index (χ0) is 17.5. The molecule has 1 aromatic carbocycles. The maximum absolute atomic E-state index is 12.9. The van der Waals surface area contributed by atoms with Crippen LogP contribution in [0, 0.1) is 5.92 Å². The number of unbranched alkanes of at least 4 members (excludes halogenated alkanes) is 4. The Morgan fingerprint density at radius 2 is 1.96 bits per heavy atom. The Morgan fingerprint density at radius 3 is 2.62 bits per heavy atom. The maximum Gasteiger partial charge on any atom is 0.260 e. The molecule has 1 aliphatic rings. The Labute approximate surface area is 152 Å². The standard InChI is InChI=1S/C18H23ClN2O2S/c1-3-4-5-6-7-11-15-16(22)20-18(24-2)21(17(15)23)14-10-8-9-13(19)12-14/h8-10,12,15H,3-7,11H2,1-2H3. The number of amides is 2. The van der Waals surface area contributed by atoms with Gasteiger partial charge in [0.05, 0.1) is 5.69 Å². The number of rotatable bonds is 7. The molecule has 0 N–H and O–H groups in total. The van der Waals surface area contributed by atoms with Crippen molar-refractivity contribution >= 4 is 46.0 Å². The first-order valence-corrected chi connectivity index (χ1v) is 9.94. The highest BCUT2D eigenvalue weighted by Crippen LogP contribution is 2.29. The Morgan fingerprint density at radius 1 is 1.21 bits per heavy atom. The van der Waals surface area contributed by atoms with Gasteiger partial charge < -0.3 is 0 Å². The molecule has 0 bridgehead atoms. The van der Waals surface area contributed by atoms with Gasteiger partial charge in [-0.1, -0.05) is 68.5 Å². The van der Waals surface area contributed by atoms with E-state index in [0.29, 0.717) is 22.3 Å². The molecule has 24 heavy (non-hydrogen) atoms. The van der Waals surface area contributed by atoms with Crippen molar-refractivity contribution in [2.24, 2.45) is 10.9 Å². The van der Waals surface area contributed by atoms with Crippen LogP contribution in [-0.2, 0) is 9.59 Å². The highest BCUT2D eigenvalue weighted by Gasteiger charge is 2.38. The van der Waals surface area contributed by atoms with E-state index in [4.69, 9.17) is 11.6 Å². The fourth-order valence-electron chi connectivity index (χ4n) is 2.77. The second-order valence-electron chi connectivity index (χ2n) is 5.85. The monoisotopic (exact) mass is 366 g/mol. The van der Waals surface area contributed by atoms with Crippen molar-refractivity contribution in [3.63, 3.8) is 0 Å². The van der Waals surface area contributed by atoms with Gasteiger partial charge in [0.25, 0.3) is 5.91 Å². The van der Waals surface area contributed by atoms with E-state index in [1.165, 1.54) is 29.5 Å². The number of thioether (sulfide) groups is 1. The second kappa shape index (κ2) is 9.23. The fourth-order valence-corrected chi connectivity index (χ4v) is 3.51. The van der Waals surface area contributed by atoms with Crippen molar-refractivity contribution in [2.75, 3.05) is 11.2 Å². The molecule has 2 rings (SSSR count). The van der Waals surface area contributed by atoms with Crippen molar-refractivity contribution in [2.45, 2.75) is 45.4 Å². The highest BCUT2D eigenvalue weighted by atomic mass is 35.5. The third-order valence-electron chi connectivity index (χ3n) is 4.06. The predicted octanol–water partition coefficient (Wildman–Crippen LogP) is 4.91. The van der Waals surface area contributed by atoms with Gasteiger partial charge in [-0.05, 0) is 30.9 Å². The number of nitrogens with zero attached hydrogens (tertiary/aromatic N) is 2. The molecule has 0 aliphatic carbocycles. The molecule has 1 aromatic rings. The number of aliphatic imine (C=N–C) groups is 1. The normalized spacial score (nSPS) is 18.0. The zero-order valence-corrected chi connectivity index (χ0v) is 15.7. The van der Waals surface area contributed by atoms with E-state index in [2.05, 4.69) is 11.9 Å². The van der Waals surface area contributed by atoms with Crippen LogP contribution >= 0.6 is 23.4 Å². The minimum absolute atomic E-state index is 0.197. The number of halogens is 1. The van der Waals surface area contributed by atoms with E-state index in [0.717, 1.165) is 19.3 Å². The van der Waals surface area contributed by atoms with Crippen LogP contribution in [-0.4, -0.2) is 23.2 Å². The average molecular weight is 367 g/mol. The Hall–Kier alpha value is -1.33. The lowest BCUT2D eigenvalue weighted by molar-refractivity contribution is -0.132. The summed E-state index contributed by atoms with van der Waals surface area (Å²) >= 11 is 7.34. The summed E-state index contributed by atoms with van der Waals surface area (Å²) < 4.78 is 0. The van der Waals surface area contributed by atoms with Gasteiger partial charge in [-0.25, -0.2) is 0 Å². The Kier molecular flexibility index (Phi) is 7.31. The molecule has 4 nitrogen and oxygen atoms in total. The third kappa shape index (κ3) is 4.61. The molecular formula is C18H23ClN2O2S. The van der Waals surface area contributed by atoms with Crippen LogP contribution in [0.5, 0.6) is 0 Å². The maximum atomic E-state index is 12.9. The lowest BCUT2D eigenvalue weighted by Crippen LogP contribution is -2.46. The predicted molar refractivity (Wildman–Crippen MR) is 102 cm³/mol. The van der Waals surface area contributed by atoms with Gasteiger partial charge in [-0.15, -0.1) is 0 Å². The molecule has 130 valence electrons. The van der Waals surface area contributed by atoms with Gasteiger partial charge in [0.2, 0.25) is 5.91 Å². The van der Waals surface area contributed by atoms with Crippen LogP contribution < -0.4 is 4.90 Å². The van der Waals surface area contributed by atoms with Gasteiger partial charge >= 0.3 is 0 Å². The number of anilines is 1. The SMILES string of the molecule is CCCCCCCC1C(=O)N=C(SC)N(c2cccc(Cl)c2)C1=O. The number of carbonyl (C=O) groups excluding carboxylic acids is 2. The molecule has 0 saturated carbocycles. The van der Waals surface area contributed by atoms with Crippen LogP contribution in [0.4, 0.5) is 5.69 Å². The summed E-state index contributed by atoms with van der Waals surface area (Å²) in [6, 6.07) is 7.08. The molecule has 1 atom stereocenters. The molecule has 1 aliphatic heterocycles. The average Bonchev–Trinajstić information content (AvgIpc) is 2.56. The van der Waals surface area contributed by atoms with Crippen LogP contribution in [0.15, 0.2) is 29.3 Å². The zero-order valence-electron chi connectivity index (χ0n) is 14.1. The molecule has 1 unspecified atom stereocenters. The molecule has 0 fully saturated rings. The van der Waals surface area contributed by atoms with E-state index in [9.17, 15) is 9.59 Å². The van der Waals surface area contributed by atoms with Crippen LogP contribution in [0.1, 0.15) is 45.4 Å². The Bertz CT molecular complexity index is 633. The molecule has 0 saturated heterocycles. The lowest BCUT2D eigenvalue weighted by Gasteiger charge is -2.30. The summed E-state index contributed by atoms with van der Waals surface area (Å²) in [7, 11) is 0. The number of carbonyl (C=O) groups is 2. The first-order chi connectivity index (χ1) is 11.6. The van der Waals surface area contributed by atoms with Crippen LogP contribution in [0.25, 0.3) is 0 Å². The van der Waals surface area contributed by atoms with E-state index in [1.807, 2.05) is 12.3 Å². The summed E-state index contributed by atoms with van der Waals surface area (Å²) in [6.07, 6.45) is 7.78. The second-order valence-corrected chi connectivity index (χ2v) is 7.06. The van der Waals surface area contributed by atoms with Crippen LogP contribution in [0.3, 0.4) is 0 Å². The van der Waals surface area contributed by atoms with Crippen molar-refractivity contribution in [3.05, 3.63) is 29.3 Å². The van der Waals surface area contributed by atoms with E-state index >= 15 is 0 Å². The van der Waals surface area contributed by atoms with Crippen molar-refractivity contribution < 1.29 is 9.59 Å². The molecule has 0 aromatic heterocycles. The number of benzene rings is 1. The van der Waals surface area contributed by atoms with Crippen molar-refractivity contribution in [1.29, 1.82) is 0 Å². The van der Waals surface area contributed by atoms with Gasteiger partial charge in [-0.3, -0.25) is 14.5 Å². The lowest BCUT2D eigenvalue weighted by atomic mass is 9.97. The minimum atomic E-state index is -0.679. The Balaban J connectivity index is 2.16. The van der Waals surface area contributed by atoms with Crippen LogP contribution in [0.2, 0.25) is 5.02 Å². The smallest absolute Gasteiger partial charge is 0.260 e. The molecule has 2 amide bonds. The summed E-state index contributed by atoms with van der Waals surface area (Å²) in [6.45, 7) is 2.16. The number of hydrogen-bond acceptors (Lipinski definition) is 3. The summed E-state index contributed by atoms with van der Waals surface area (Å²) in [4.78, 5) is 30.8. The summed E-state index contributed by atoms with van der Waals surface area (Å²) in [5, 5.41) is 0.961. The van der Waals surface area contributed by atoms with Crippen molar-refractivity contribution in [1.82, 2.24) is 0 Å².